The molecule has 0 atom stereocenters. The Morgan fingerprint density at radius 1 is 1.44 bits per heavy atom. The SMILES string of the molecule is CNCc1noc(-c2cccc(F)c2)c1C. The van der Waals surface area contributed by atoms with Crippen LogP contribution in [0.1, 0.15) is 11.3 Å². The summed E-state index contributed by atoms with van der Waals surface area (Å²) in [6.07, 6.45) is 0. The Bertz CT molecular complexity index is 494. The van der Waals surface area contributed by atoms with E-state index in [9.17, 15) is 4.39 Å². The highest BCUT2D eigenvalue weighted by atomic mass is 19.1. The van der Waals surface area contributed by atoms with Crippen molar-refractivity contribution < 1.29 is 8.91 Å². The van der Waals surface area contributed by atoms with Gasteiger partial charge in [-0.1, -0.05) is 17.3 Å². The Hall–Kier alpha value is -1.68. The van der Waals surface area contributed by atoms with Gasteiger partial charge in [0.25, 0.3) is 0 Å². The van der Waals surface area contributed by atoms with E-state index in [4.69, 9.17) is 4.52 Å². The van der Waals surface area contributed by atoms with E-state index in [2.05, 4.69) is 10.5 Å². The highest BCUT2D eigenvalue weighted by Gasteiger charge is 2.13. The summed E-state index contributed by atoms with van der Waals surface area (Å²) in [6, 6.07) is 6.31. The molecule has 0 saturated carbocycles. The number of nitrogens with zero attached hydrogens (tertiary/aromatic N) is 1. The normalized spacial score (nSPS) is 10.7. The molecule has 1 aromatic carbocycles. The Morgan fingerprint density at radius 2 is 2.25 bits per heavy atom. The Morgan fingerprint density at radius 3 is 2.94 bits per heavy atom. The van der Waals surface area contributed by atoms with Gasteiger partial charge in [-0.3, -0.25) is 0 Å². The van der Waals surface area contributed by atoms with E-state index in [0.717, 1.165) is 11.3 Å². The molecule has 1 heterocycles. The molecule has 0 aliphatic rings. The third kappa shape index (κ3) is 1.97. The molecule has 3 nitrogen and oxygen atoms in total. The van der Waals surface area contributed by atoms with Crippen molar-refractivity contribution in [1.29, 1.82) is 0 Å². The topological polar surface area (TPSA) is 38.1 Å². The third-order valence-electron chi connectivity index (χ3n) is 2.45. The van der Waals surface area contributed by atoms with E-state index in [0.29, 0.717) is 17.9 Å². The van der Waals surface area contributed by atoms with Gasteiger partial charge in [-0.25, -0.2) is 4.39 Å². The van der Waals surface area contributed by atoms with E-state index in [1.54, 1.807) is 12.1 Å². The molecule has 0 aliphatic carbocycles. The van der Waals surface area contributed by atoms with Crippen molar-refractivity contribution in [2.24, 2.45) is 0 Å². The minimum absolute atomic E-state index is 0.275. The monoisotopic (exact) mass is 220 g/mol. The summed E-state index contributed by atoms with van der Waals surface area (Å²) in [7, 11) is 1.84. The molecular weight excluding hydrogens is 207 g/mol. The van der Waals surface area contributed by atoms with Gasteiger partial charge in [0.15, 0.2) is 5.76 Å². The van der Waals surface area contributed by atoms with Crippen molar-refractivity contribution >= 4 is 0 Å². The number of aromatic nitrogens is 1. The van der Waals surface area contributed by atoms with E-state index >= 15 is 0 Å². The summed E-state index contributed by atoms with van der Waals surface area (Å²) in [5.74, 6) is 0.355. The summed E-state index contributed by atoms with van der Waals surface area (Å²) in [6.45, 7) is 2.56. The van der Waals surface area contributed by atoms with Gasteiger partial charge in [-0.2, -0.15) is 0 Å². The average molecular weight is 220 g/mol. The first kappa shape index (κ1) is 10.8. The molecule has 0 saturated heterocycles. The zero-order valence-corrected chi connectivity index (χ0v) is 9.25. The van der Waals surface area contributed by atoms with Crippen LogP contribution in [-0.2, 0) is 6.54 Å². The first-order valence-corrected chi connectivity index (χ1v) is 5.08. The maximum atomic E-state index is 13.1. The number of hydrogen-bond acceptors (Lipinski definition) is 3. The molecule has 1 aromatic heterocycles. The van der Waals surface area contributed by atoms with Crippen LogP contribution >= 0.6 is 0 Å². The molecule has 0 radical (unpaired) electrons. The van der Waals surface area contributed by atoms with Gasteiger partial charge in [-0.15, -0.1) is 0 Å². The summed E-state index contributed by atoms with van der Waals surface area (Å²) in [5.41, 5.74) is 2.51. The van der Waals surface area contributed by atoms with Crippen molar-refractivity contribution in [3.63, 3.8) is 0 Å². The number of rotatable bonds is 3. The maximum absolute atomic E-state index is 13.1. The summed E-state index contributed by atoms with van der Waals surface area (Å²) >= 11 is 0. The van der Waals surface area contributed by atoms with Crippen LogP contribution in [0.25, 0.3) is 11.3 Å². The van der Waals surface area contributed by atoms with E-state index in [1.807, 2.05) is 14.0 Å². The first-order chi connectivity index (χ1) is 7.72. The molecule has 0 spiro atoms. The fourth-order valence-corrected chi connectivity index (χ4v) is 1.60. The zero-order chi connectivity index (χ0) is 11.5. The second-order valence-electron chi connectivity index (χ2n) is 3.62. The number of hydrogen-bond donors (Lipinski definition) is 1. The molecule has 4 heteroatoms. The van der Waals surface area contributed by atoms with Gasteiger partial charge in [0.05, 0.1) is 0 Å². The average Bonchev–Trinajstić information content (AvgIpc) is 2.61. The molecule has 1 N–H and O–H groups in total. The van der Waals surface area contributed by atoms with Gasteiger partial charge in [0.2, 0.25) is 0 Å². The zero-order valence-electron chi connectivity index (χ0n) is 9.25. The van der Waals surface area contributed by atoms with Crippen molar-refractivity contribution in [3.8, 4) is 11.3 Å². The van der Waals surface area contributed by atoms with E-state index in [-0.39, 0.29) is 5.82 Å². The van der Waals surface area contributed by atoms with Crippen molar-refractivity contribution in [1.82, 2.24) is 10.5 Å². The van der Waals surface area contributed by atoms with Crippen LogP contribution in [0.4, 0.5) is 4.39 Å². The minimum atomic E-state index is -0.275. The van der Waals surface area contributed by atoms with Crippen LogP contribution in [0, 0.1) is 12.7 Å². The van der Waals surface area contributed by atoms with Crippen LogP contribution in [0.15, 0.2) is 28.8 Å². The molecule has 2 rings (SSSR count). The molecule has 0 aliphatic heterocycles. The summed E-state index contributed by atoms with van der Waals surface area (Å²) in [5, 5.41) is 6.96. The first-order valence-electron chi connectivity index (χ1n) is 5.08. The maximum Gasteiger partial charge on any atom is 0.170 e. The minimum Gasteiger partial charge on any atom is -0.356 e. The molecule has 0 amide bonds. The second kappa shape index (κ2) is 4.45. The van der Waals surface area contributed by atoms with Crippen LogP contribution in [0.3, 0.4) is 0 Å². The molecule has 0 fully saturated rings. The lowest BCUT2D eigenvalue weighted by Crippen LogP contribution is -2.06. The second-order valence-corrected chi connectivity index (χ2v) is 3.62. The number of nitrogens with one attached hydrogen (secondary N) is 1. The standard InChI is InChI=1S/C12H13FN2O/c1-8-11(7-14-2)15-16-12(8)9-4-3-5-10(13)6-9/h3-6,14H,7H2,1-2H3. The molecule has 84 valence electrons. The summed E-state index contributed by atoms with van der Waals surface area (Å²) < 4.78 is 18.3. The number of halogens is 1. The van der Waals surface area contributed by atoms with Crippen LogP contribution in [0.2, 0.25) is 0 Å². The molecule has 2 aromatic rings. The lowest BCUT2D eigenvalue weighted by molar-refractivity contribution is 0.421. The van der Waals surface area contributed by atoms with Gasteiger partial charge in [-0.05, 0) is 26.1 Å². The Kier molecular flexibility index (Phi) is 3.01. The highest BCUT2D eigenvalue weighted by molar-refractivity contribution is 5.61. The fourth-order valence-electron chi connectivity index (χ4n) is 1.60. The van der Waals surface area contributed by atoms with E-state index < -0.39 is 0 Å². The quantitative estimate of drug-likeness (QED) is 0.863. The van der Waals surface area contributed by atoms with Crippen molar-refractivity contribution in [2.75, 3.05) is 7.05 Å². The lowest BCUT2D eigenvalue weighted by Gasteiger charge is -1.98. The molecule has 0 bridgehead atoms. The van der Waals surface area contributed by atoms with Gasteiger partial charge >= 0.3 is 0 Å². The van der Waals surface area contributed by atoms with Crippen LogP contribution < -0.4 is 5.32 Å². The summed E-state index contributed by atoms with van der Waals surface area (Å²) in [4.78, 5) is 0. The van der Waals surface area contributed by atoms with Gasteiger partial charge in [0.1, 0.15) is 11.5 Å². The van der Waals surface area contributed by atoms with Gasteiger partial charge in [0, 0.05) is 17.7 Å². The highest BCUT2D eigenvalue weighted by Crippen LogP contribution is 2.25. The smallest absolute Gasteiger partial charge is 0.170 e. The predicted molar refractivity (Wildman–Crippen MR) is 59.4 cm³/mol. The molecule has 0 unspecified atom stereocenters. The number of benzene rings is 1. The fraction of sp³-hybridized carbons (Fsp3) is 0.250. The largest absolute Gasteiger partial charge is 0.356 e. The lowest BCUT2D eigenvalue weighted by atomic mass is 10.1. The van der Waals surface area contributed by atoms with Crippen molar-refractivity contribution in [2.45, 2.75) is 13.5 Å². The van der Waals surface area contributed by atoms with E-state index in [1.165, 1.54) is 12.1 Å². The predicted octanol–water partition coefficient (Wildman–Crippen LogP) is 2.51. The third-order valence-corrected chi connectivity index (χ3v) is 2.45. The molecule has 16 heavy (non-hydrogen) atoms. The van der Waals surface area contributed by atoms with Crippen LogP contribution in [-0.4, -0.2) is 12.2 Å². The van der Waals surface area contributed by atoms with Gasteiger partial charge < -0.3 is 9.84 Å². The van der Waals surface area contributed by atoms with Crippen LogP contribution in [0.5, 0.6) is 0 Å². The molecular formula is C12H13FN2O. The Balaban J connectivity index is 2.41. The van der Waals surface area contributed by atoms with Crippen molar-refractivity contribution in [3.05, 3.63) is 41.3 Å². The Labute approximate surface area is 93.3 Å².